The molecule has 0 N–H and O–H groups in total. The fourth-order valence-corrected chi connectivity index (χ4v) is 4.14. The van der Waals surface area contributed by atoms with Crippen molar-refractivity contribution >= 4 is 0 Å². The van der Waals surface area contributed by atoms with Gasteiger partial charge in [-0.1, -0.05) is 0 Å². The van der Waals surface area contributed by atoms with Gasteiger partial charge in [-0.3, -0.25) is 10.1 Å². The van der Waals surface area contributed by atoms with Crippen molar-refractivity contribution in [3.05, 3.63) is 10.1 Å². The van der Waals surface area contributed by atoms with Crippen molar-refractivity contribution in [2.75, 3.05) is 0 Å². The summed E-state index contributed by atoms with van der Waals surface area (Å²) in [6.07, 6.45) is 2.74. The highest BCUT2D eigenvalue weighted by Crippen LogP contribution is 2.57. The first-order valence-corrected chi connectivity index (χ1v) is 5.39. The predicted molar refractivity (Wildman–Crippen MR) is 48.2 cm³/mol. The second-order valence-corrected chi connectivity index (χ2v) is 5.40. The summed E-state index contributed by atoms with van der Waals surface area (Å²) in [4.78, 5) is 10.9. The van der Waals surface area contributed by atoms with E-state index in [4.69, 9.17) is 0 Å². The molecule has 0 aliphatic heterocycles. The van der Waals surface area contributed by atoms with Crippen LogP contribution in [0.1, 0.15) is 32.1 Å². The second-order valence-electron chi connectivity index (χ2n) is 5.40. The lowest BCUT2D eigenvalue weighted by molar-refractivity contribution is -0.590. The Morgan fingerprint density at radius 2 is 1.79 bits per heavy atom. The molecule has 4 aliphatic carbocycles. The van der Waals surface area contributed by atoms with Gasteiger partial charge < -0.3 is 0 Å². The Morgan fingerprint density at radius 1 is 1.21 bits per heavy atom. The highest BCUT2D eigenvalue weighted by atomic mass is 19.1. The van der Waals surface area contributed by atoms with Crippen molar-refractivity contribution in [2.24, 2.45) is 17.8 Å². The molecule has 3 unspecified atom stereocenters. The number of hydrogen-bond donors (Lipinski definition) is 0. The molecular formula is C10H14FNO2. The summed E-state index contributed by atoms with van der Waals surface area (Å²) in [5.41, 5.74) is -0.737. The van der Waals surface area contributed by atoms with Gasteiger partial charge in [0, 0.05) is 24.2 Å². The zero-order valence-electron chi connectivity index (χ0n) is 7.99. The standard InChI is InChI=1S/C10H14FNO2/c11-9-7-1-6-2-8(9)5-10(3-6,4-7)12(13)14/h6-9H,1-5H2/t6?,7-,8+,9?,10?. The number of nitrogens with zero attached hydrogens (tertiary/aromatic N) is 1. The Morgan fingerprint density at radius 3 is 2.29 bits per heavy atom. The summed E-state index contributed by atoms with van der Waals surface area (Å²) in [6, 6.07) is 0. The number of alkyl halides is 1. The van der Waals surface area contributed by atoms with Crippen molar-refractivity contribution in [3.8, 4) is 0 Å². The van der Waals surface area contributed by atoms with Gasteiger partial charge in [0.25, 0.3) is 0 Å². The Labute approximate surface area is 81.8 Å². The Kier molecular flexibility index (Phi) is 1.52. The molecule has 4 fully saturated rings. The number of hydrogen-bond acceptors (Lipinski definition) is 2. The van der Waals surface area contributed by atoms with Gasteiger partial charge in [-0.2, -0.15) is 0 Å². The smallest absolute Gasteiger partial charge is 0.223 e. The van der Waals surface area contributed by atoms with Crippen LogP contribution in [0.4, 0.5) is 4.39 Å². The average molecular weight is 199 g/mol. The summed E-state index contributed by atoms with van der Waals surface area (Å²) in [7, 11) is 0. The Bertz CT molecular complexity index is 278. The third-order valence-corrected chi connectivity index (χ3v) is 4.51. The van der Waals surface area contributed by atoms with E-state index in [2.05, 4.69) is 0 Å². The van der Waals surface area contributed by atoms with Gasteiger partial charge in [0.2, 0.25) is 5.54 Å². The van der Waals surface area contributed by atoms with E-state index in [-0.39, 0.29) is 16.8 Å². The lowest BCUT2D eigenvalue weighted by Gasteiger charge is -2.53. The quantitative estimate of drug-likeness (QED) is 0.480. The van der Waals surface area contributed by atoms with E-state index in [1.807, 2.05) is 0 Å². The molecule has 3 nitrogen and oxygen atoms in total. The van der Waals surface area contributed by atoms with Gasteiger partial charge >= 0.3 is 0 Å². The van der Waals surface area contributed by atoms with Crippen LogP contribution in [0.3, 0.4) is 0 Å². The van der Waals surface area contributed by atoms with Crippen molar-refractivity contribution in [1.29, 1.82) is 0 Å². The van der Waals surface area contributed by atoms with Crippen LogP contribution >= 0.6 is 0 Å². The molecule has 14 heavy (non-hydrogen) atoms. The summed E-state index contributed by atoms with van der Waals surface area (Å²) < 4.78 is 13.7. The Balaban J connectivity index is 1.96. The Hall–Kier alpha value is -0.670. The summed E-state index contributed by atoms with van der Waals surface area (Å²) in [5, 5.41) is 11.0. The highest BCUT2D eigenvalue weighted by Gasteiger charge is 2.62. The maximum atomic E-state index is 13.7. The highest BCUT2D eigenvalue weighted by molar-refractivity contribution is 5.06. The van der Waals surface area contributed by atoms with Crippen LogP contribution in [0.2, 0.25) is 0 Å². The fourth-order valence-electron chi connectivity index (χ4n) is 4.14. The first-order valence-electron chi connectivity index (χ1n) is 5.39. The largest absolute Gasteiger partial charge is 0.264 e. The molecule has 0 spiro atoms. The number of nitro groups is 1. The molecule has 4 aliphatic rings. The molecule has 4 rings (SSSR count). The van der Waals surface area contributed by atoms with E-state index in [9.17, 15) is 14.5 Å². The molecule has 0 heterocycles. The van der Waals surface area contributed by atoms with E-state index in [0.29, 0.717) is 25.2 Å². The molecule has 4 saturated carbocycles. The zero-order chi connectivity index (χ0) is 9.92. The monoisotopic (exact) mass is 199 g/mol. The molecule has 4 bridgehead atoms. The maximum absolute atomic E-state index is 13.7. The van der Waals surface area contributed by atoms with Crippen LogP contribution in [-0.4, -0.2) is 16.6 Å². The minimum absolute atomic E-state index is 0.00773. The third kappa shape index (κ3) is 0.916. The zero-order valence-corrected chi connectivity index (χ0v) is 7.99. The van der Waals surface area contributed by atoms with Crippen molar-refractivity contribution in [1.82, 2.24) is 0 Å². The molecule has 0 saturated heterocycles. The van der Waals surface area contributed by atoms with Crippen LogP contribution in [0.5, 0.6) is 0 Å². The lowest BCUT2D eigenvalue weighted by Crippen LogP contribution is -2.59. The molecule has 0 amide bonds. The third-order valence-electron chi connectivity index (χ3n) is 4.51. The summed E-state index contributed by atoms with van der Waals surface area (Å²) in [6.45, 7) is 0. The van der Waals surface area contributed by atoms with E-state index in [1.165, 1.54) is 0 Å². The van der Waals surface area contributed by atoms with Gasteiger partial charge in [0.1, 0.15) is 6.17 Å². The molecule has 0 aromatic rings. The topological polar surface area (TPSA) is 43.1 Å². The normalized spacial score (nSPS) is 54.9. The van der Waals surface area contributed by atoms with E-state index in [0.717, 1.165) is 12.8 Å². The second kappa shape index (κ2) is 2.47. The van der Waals surface area contributed by atoms with Crippen LogP contribution in [0.25, 0.3) is 0 Å². The lowest BCUT2D eigenvalue weighted by atomic mass is 9.52. The van der Waals surface area contributed by atoms with Crippen molar-refractivity contribution < 1.29 is 9.31 Å². The van der Waals surface area contributed by atoms with Crippen molar-refractivity contribution in [2.45, 2.75) is 43.8 Å². The summed E-state index contributed by atoms with van der Waals surface area (Å²) >= 11 is 0. The van der Waals surface area contributed by atoms with E-state index < -0.39 is 11.7 Å². The number of halogens is 1. The fraction of sp³-hybridized carbons (Fsp3) is 1.00. The molecule has 78 valence electrons. The summed E-state index contributed by atoms with van der Waals surface area (Å²) in [5.74, 6) is 0.420. The first kappa shape index (κ1) is 8.62. The van der Waals surface area contributed by atoms with Crippen LogP contribution in [0, 0.1) is 27.9 Å². The first-order chi connectivity index (χ1) is 6.61. The van der Waals surface area contributed by atoms with Gasteiger partial charge in [-0.15, -0.1) is 0 Å². The predicted octanol–water partition coefficient (Wildman–Crippen LogP) is 2.18. The van der Waals surface area contributed by atoms with Gasteiger partial charge in [-0.25, -0.2) is 4.39 Å². The average Bonchev–Trinajstić information content (AvgIpc) is 2.12. The molecule has 0 aromatic carbocycles. The molecular weight excluding hydrogens is 185 g/mol. The van der Waals surface area contributed by atoms with Crippen LogP contribution < -0.4 is 0 Å². The minimum Gasteiger partial charge on any atom is -0.264 e. The van der Waals surface area contributed by atoms with Gasteiger partial charge in [-0.05, 0) is 30.6 Å². The van der Waals surface area contributed by atoms with Crippen molar-refractivity contribution in [3.63, 3.8) is 0 Å². The van der Waals surface area contributed by atoms with E-state index in [1.54, 1.807) is 0 Å². The number of rotatable bonds is 1. The minimum atomic E-state index is -0.750. The SMILES string of the molecule is O=[N+]([O-])C12CC3C[C@H](C1)C(F)[C@@H](C3)C2. The maximum Gasteiger partial charge on any atom is 0.223 e. The van der Waals surface area contributed by atoms with Gasteiger partial charge in [0.05, 0.1) is 0 Å². The molecule has 0 radical (unpaired) electrons. The van der Waals surface area contributed by atoms with Crippen LogP contribution in [0.15, 0.2) is 0 Å². The molecule has 4 heteroatoms. The van der Waals surface area contributed by atoms with Gasteiger partial charge in [0.15, 0.2) is 0 Å². The van der Waals surface area contributed by atoms with Crippen LogP contribution in [-0.2, 0) is 0 Å². The molecule has 0 aromatic heterocycles. The van der Waals surface area contributed by atoms with E-state index >= 15 is 0 Å². The molecule has 5 atom stereocenters.